The van der Waals surface area contributed by atoms with Crippen LogP contribution in [0.25, 0.3) is 0 Å². The van der Waals surface area contributed by atoms with Crippen LogP contribution < -0.4 is 0 Å². The second kappa shape index (κ2) is 9.37. The van der Waals surface area contributed by atoms with Crippen molar-refractivity contribution in [1.82, 2.24) is 19.6 Å². The zero-order chi connectivity index (χ0) is 22.0. The third kappa shape index (κ3) is 4.91. The van der Waals surface area contributed by atoms with Crippen LogP contribution in [0.1, 0.15) is 38.4 Å². The summed E-state index contributed by atoms with van der Waals surface area (Å²) in [5.41, 5.74) is 6.69. The molecule has 31 heavy (non-hydrogen) atoms. The van der Waals surface area contributed by atoms with Gasteiger partial charge in [-0.15, -0.1) is 0 Å². The molecule has 4 rings (SSSR count). The maximum atomic E-state index is 13.0. The van der Waals surface area contributed by atoms with E-state index in [-0.39, 0.29) is 5.91 Å². The van der Waals surface area contributed by atoms with Crippen LogP contribution in [0.3, 0.4) is 0 Å². The molecule has 1 saturated heterocycles. The molecule has 162 valence electrons. The van der Waals surface area contributed by atoms with Gasteiger partial charge in [-0.1, -0.05) is 36.4 Å². The lowest BCUT2D eigenvalue weighted by atomic mass is 10.1. The Hall–Kier alpha value is -2.44. The Morgan fingerprint density at radius 3 is 2.23 bits per heavy atom. The molecule has 0 radical (unpaired) electrons. The number of aromatic nitrogens is 2. The Morgan fingerprint density at radius 2 is 1.61 bits per heavy atom. The molecule has 0 saturated carbocycles. The minimum Gasteiger partial charge on any atom is -0.336 e. The Kier molecular flexibility index (Phi) is 6.58. The van der Waals surface area contributed by atoms with Gasteiger partial charge >= 0.3 is 0 Å². The highest BCUT2D eigenvalue weighted by molar-refractivity contribution is 9.10. The predicted molar refractivity (Wildman–Crippen MR) is 127 cm³/mol. The first-order chi connectivity index (χ1) is 14.9. The molecule has 1 aliphatic rings. The van der Waals surface area contributed by atoms with Gasteiger partial charge in [-0.3, -0.25) is 14.4 Å². The molecular weight excluding hydrogens is 452 g/mol. The fraction of sp³-hybridized carbons (Fsp3) is 0.360. The van der Waals surface area contributed by atoms with Gasteiger partial charge in [0.15, 0.2) is 0 Å². The van der Waals surface area contributed by atoms with Crippen LogP contribution in [0, 0.1) is 20.8 Å². The molecule has 0 atom stereocenters. The topological polar surface area (TPSA) is 41.4 Å². The molecule has 6 heteroatoms. The summed E-state index contributed by atoms with van der Waals surface area (Å²) in [6.45, 7) is 11.2. The van der Waals surface area contributed by atoms with E-state index in [4.69, 9.17) is 0 Å². The molecule has 0 spiro atoms. The highest BCUT2D eigenvalue weighted by Crippen LogP contribution is 2.21. The van der Waals surface area contributed by atoms with Gasteiger partial charge in [0, 0.05) is 38.3 Å². The lowest BCUT2D eigenvalue weighted by Crippen LogP contribution is -2.48. The summed E-state index contributed by atoms with van der Waals surface area (Å²) in [7, 11) is 0. The Morgan fingerprint density at radius 1 is 0.935 bits per heavy atom. The van der Waals surface area contributed by atoms with Gasteiger partial charge in [0.05, 0.1) is 22.4 Å². The quantitative estimate of drug-likeness (QED) is 0.536. The number of carbonyl (C=O) groups is 1. The molecule has 2 heterocycles. The molecular formula is C25H29BrN4O. The molecule has 1 fully saturated rings. The molecule has 1 amide bonds. The zero-order valence-electron chi connectivity index (χ0n) is 18.4. The molecule has 0 N–H and O–H groups in total. The van der Waals surface area contributed by atoms with Crippen molar-refractivity contribution in [2.75, 3.05) is 26.2 Å². The Balaban J connectivity index is 1.33. The number of aryl methyl sites for hydroxylation is 2. The van der Waals surface area contributed by atoms with Gasteiger partial charge in [0.1, 0.15) is 0 Å². The van der Waals surface area contributed by atoms with Gasteiger partial charge in [-0.05, 0) is 65.5 Å². The molecule has 0 unspecified atom stereocenters. The number of carbonyl (C=O) groups excluding carboxylic acids is 1. The fourth-order valence-electron chi connectivity index (χ4n) is 4.07. The average Bonchev–Trinajstić information content (AvgIpc) is 3.02. The minimum absolute atomic E-state index is 0.121. The van der Waals surface area contributed by atoms with Crippen molar-refractivity contribution < 1.29 is 4.79 Å². The van der Waals surface area contributed by atoms with E-state index in [1.165, 1.54) is 11.1 Å². The molecule has 3 aromatic rings. The molecule has 5 nitrogen and oxygen atoms in total. The zero-order valence-corrected chi connectivity index (χ0v) is 20.0. The summed E-state index contributed by atoms with van der Waals surface area (Å²) < 4.78 is 3.05. The van der Waals surface area contributed by atoms with Crippen molar-refractivity contribution in [1.29, 1.82) is 0 Å². The van der Waals surface area contributed by atoms with E-state index in [1.807, 2.05) is 40.8 Å². The van der Waals surface area contributed by atoms with Crippen molar-refractivity contribution in [2.45, 2.75) is 33.9 Å². The van der Waals surface area contributed by atoms with Gasteiger partial charge in [-0.2, -0.15) is 5.10 Å². The van der Waals surface area contributed by atoms with Crippen LogP contribution in [0.15, 0.2) is 53.0 Å². The average molecular weight is 481 g/mol. The fourth-order valence-corrected chi connectivity index (χ4v) is 4.36. The van der Waals surface area contributed by atoms with E-state index in [0.29, 0.717) is 6.54 Å². The van der Waals surface area contributed by atoms with Crippen molar-refractivity contribution >= 4 is 21.8 Å². The Labute approximate surface area is 192 Å². The van der Waals surface area contributed by atoms with E-state index in [9.17, 15) is 4.79 Å². The van der Waals surface area contributed by atoms with E-state index in [1.54, 1.807) is 0 Å². The molecule has 0 aliphatic carbocycles. The third-order valence-electron chi connectivity index (χ3n) is 6.14. The van der Waals surface area contributed by atoms with Gasteiger partial charge < -0.3 is 4.90 Å². The minimum atomic E-state index is 0.121. The van der Waals surface area contributed by atoms with E-state index < -0.39 is 0 Å². The van der Waals surface area contributed by atoms with Gasteiger partial charge in [-0.25, -0.2) is 0 Å². The van der Waals surface area contributed by atoms with Crippen molar-refractivity contribution in [3.05, 3.63) is 86.6 Å². The smallest absolute Gasteiger partial charge is 0.253 e. The highest BCUT2D eigenvalue weighted by atomic mass is 79.9. The summed E-state index contributed by atoms with van der Waals surface area (Å²) in [6, 6.07) is 16.5. The van der Waals surface area contributed by atoms with E-state index in [2.05, 4.69) is 64.0 Å². The van der Waals surface area contributed by atoms with Crippen LogP contribution in [0.4, 0.5) is 0 Å². The monoisotopic (exact) mass is 480 g/mol. The second-order valence-corrected chi connectivity index (χ2v) is 9.13. The highest BCUT2D eigenvalue weighted by Gasteiger charge is 2.22. The summed E-state index contributed by atoms with van der Waals surface area (Å²) in [5, 5.41) is 4.57. The van der Waals surface area contributed by atoms with E-state index in [0.717, 1.165) is 59.7 Å². The predicted octanol–water partition coefficient (Wildman–Crippen LogP) is 4.58. The summed E-state index contributed by atoms with van der Waals surface area (Å²) in [5.74, 6) is 0.121. The number of hydrogen-bond donors (Lipinski definition) is 0. The van der Waals surface area contributed by atoms with Gasteiger partial charge in [0.2, 0.25) is 0 Å². The summed E-state index contributed by atoms with van der Waals surface area (Å²) >= 11 is 3.58. The molecule has 0 bridgehead atoms. The van der Waals surface area contributed by atoms with Crippen LogP contribution in [0.5, 0.6) is 0 Å². The van der Waals surface area contributed by atoms with E-state index >= 15 is 0 Å². The number of nitrogens with zero attached hydrogens (tertiary/aromatic N) is 4. The SMILES string of the molecule is Cc1ccccc1CN1CCN(C(=O)c2ccc(Cn3nc(C)c(Br)c3C)cc2)CC1. The molecule has 1 aliphatic heterocycles. The number of benzene rings is 2. The van der Waals surface area contributed by atoms with Crippen molar-refractivity contribution in [3.8, 4) is 0 Å². The number of amides is 1. The molecule has 2 aromatic carbocycles. The normalized spacial score (nSPS) is 14.8. The first-order valence-corrected chi connectivity index (χ1v) is 11.6. The number of halogens is 1. The summed E-state index contributed by atoms with van der Waals surface area (Å²) in [6.07, 6.45) is 0. The number of hydrogen-bond acceptors (Lipinski definition) is 3. The van der Waals surface area contributed by atoms with Crippen molar-refractivity contribution in [2.24, 2.45) is 0 Å². The van der Waals surface area contributed by atoms with Crippen molar-refractivity contribution in [3.63, 3.8) is 0 Å². The Bertz CT molecular complexity index is 1070. The number of rotatable bonds is 5. The first kappa shape index (κ1) is 21.8. The standard InChI is InChI=1S/C25H29BrN4O/c1-18-6-4-5-7-23(18)17-28-12-14-29(15-13-28)25(31)22-10-8-21(9-11-22)16-30-20(3)24(26)19(2)27-30/h4-11H,12-17H2,1-3H3. The maximum absolute atomic E-state index is 13.0. The largest absolute Gasteiger partial charge is 0.336 e. The number of piperazine rings is 1. The lowest BCUT2D eigenvalue weighted by Gasteiger charge is -2.35. The van der Waals surface area contributed by atoms with Crippen LogP contribution >= 0.6 is 15.9 Å². The summed E-state index contributed by atoms with van der Waals surface area (Å²) in [4.78, 5) is 17.4. The lowest BCUT2D eigenvalue weighted by molar-refractivity contribution is 0.0628. The van der Waals surface area contributed by atoms with Crippen LogP contribution in [0.2, 0.25) is 0 Å². The van der Waals surface area contributed by atoms with Crippen LogP contribution in [-0.4, -0.2) is 51.7 Å². The molecule has 1 aromatic heterocycles. The van der Waals surface area contributed by atoms with Gasteiger partial charge in [0.25, 0.3) is 5.91 Å². The van der Waals surface area contributed by atoms with Crippen LogP contribution in [-0.2, 0) is 13.1 Å². The second-order valence-electron chi connectivity index (χ2n) is 8.33. The first-order valence-electron chi connectivity index (χ1n) is 10.8. The third-order valence-corrected chi connectivity index (χ3v) is 7.29. The maximum Gasteiger partial charge on any atom is 0.253 e.